The van der Waals surface area contributed by atoms with Gasteiger partial charge in [-0.2, -0.15) is 0 Å². The summed E-state index contributed by atoms with van der Waals surface area (Å²) in [5.41, 5.74) is 2.43. The van der Waals surface area contributed by atoms with Crippen molar-refractivity contribution in [1.29, 1.82) is 0 Å². The highest BCUT2D eigenvalue weighted by Crippen LogP contribution is 2.36. The molecule has 0 fully saturated rings. The van der Waals surface area contributed by atoms with Crippen LogP contribution in [0.25, 0.3) is 21.3 Å². The Labute approximate surface area is 125 Å². The van der Waals surface area contributed by atoms with Gasteiger partial charge in [-0.15, -0.1) is 11.3 Å². The number of amides is 1. The van der Waals surface area contributed by atoms with E-state index in [2.05, 4.69) is 10.3 Å². The van der Waals surface area contributed by atoms with E-state index in [9.17, 15) is 4.79 Å². The molecule has 0 saturated heterocycles. The molecule has 2 N–H and O–H groups in total. The number of carbonyl (C=O) groups is 1. The normalized spacial score (nSPS) is 10.9. The van der Waals surface area contributed by atoms with Crippen LogP contribution in [0.4, 0.5) is 0 Å². The number of thiophene rings is 1. The molecule has 2 heterocycles. The van der Waals surface area contributed by atoms with E-state index < -0.39 is 0 Å². The van der Waals surface area contributed by atoms with E-state index in [0.717, 1.165) is 21.3 Å². The monoisotopic (exact) mass is 304 g/mol. The van der Waals surface area contributed by atoms with Gasteiger partial charge in [-0.3, -0.25) is 4.79 Å². The molecule has 0 aliphatic carbocycles. The summed E-state index contributed by atoms with van der Waals surface area (Å²) in [6, 6.07) is 9.60. The lowest BCUT2D eigenvalue weighted by atomic mass is 10.1. The van der Waals surface area contributed by atoms with E-state index in [4.69, 9.17) is 11.6 Å². The molecule has 2 aromatic heterocycles. The Hall–Kier alpha value is -1.78. The molecule has 0 radical (unpaired) electrons. The molecule has 0 aliphatic rings. The lowest BCUT2D eigenvalue weighted by Gasteiger charge is -2.03. The minimum Gasteiger partial charge on any atom is -0.351 e. The third kappa shape index (κ3) is 2.21. The molecule has 1 amide bonds. The number of carbonyl (C=O) groups excluding carboxylic acids is 1. The van der Waals surface area contributed by atoms with Crippen LogP contribution in [0.3, 0.4) is 0 Å². The summed E-state index contributed by atoms with van der Waals surface area (Å²) in [5, 5.41) is 6.48. The maximum atomic E-state index is 12.2. The summed E-state index contributed by atoms with van der Waals surface area (Å²) >= 11 is 7.70. The predicted molar refractivity (Wildman–Crippen MR) is 84.6 cm³/mol. The van der Waals surface area contributed by atoms with Crippen LogP contribution in [0.5, 0.6) is 0 Å². The predicted octanol–water partition coefficient (Wildman–Crippen LogP) is 4.30. The van der Waals surface area contributed by atoms with E-state index >= 15 is 0 Å². The van der Waals surface area contributed by atoms with Crippen molar-refractivity contribution in [1.82, 2.24) is 10.3 Å². The van der Waals surface area contributed by atoms with Gasteiger partial charge in [-0.25, -0.2) is 0 Å². The lowest BCUT2D eigenvalue weighted by molar-refractivity contribution is 0.0952. The number of hydrogen-bond acceptors (Lipinski definition) is 2. The quantitative estimate of drug-likeness (QED) is 0.744. The first-order valence-electron chi connectivity index (χ1n) is 6.34. The largest absolute Gasteiger partial charge is 0.351 e. The van der Waals surface area contributed by atoms with E-state index in [-0.39, 0.29) is 5.91 Å². The zero-order chi connectivity index (χ0) is 14.1. The molecule has 20 heavy (non-hydrogen) atoms. The molecular formula is C15H13ClN2OS. The van der Waals surface area contributed by atoms with Gasteiger partial charge in [0.15, 0.2) is 0 Å². The van der Waals surface area contributed by atoms with E-state index in [1.165, 1.54) is 0 Å². The number of nitrogens with one attached hydrogen (secondary N) is 2. The SMILES string of the molecule is CCNC(=O)c1[nH]c2ccc(Cl)cc2c1-c1cccs1. The maximum absolute atomic E-state index is 12.2. The van der Waals surface area contributed by atoms with Crippen molar-refractivity contribution in [3.05, 3.63) is 46.4 Å². The Balaban J connectivity index is 2.28. The van der Waals surface area contributed by atoms with Gasteiger partial charge in [0.05, 0.1) is 0 Å². The second-order valence-corrected chi connectivity index (χ2v) is 5.79. The Morgan fingerprint density at radius 1 is 1.40 bits per heavy atom. The van der Waals surface area contributed by atoms with Crippen molar-refractivity contribution in [3.8, 4) is 10.4 Å². The second kappa shape index (κ2) is 5.31. The summed E-state index contributed by atoms with van der Waals surface area (Å²) in [6.07, 6.45) is 0. The zero-order valence-electron chi connectivity index (χ0n) is 10.9. The number of aromatic nitrogens is 1. The van der Waals surface area contributed by atoms with Gasteiger partial charge in [0.25, 0.3) is 5.91 Å². The fraction of sp³-hybridized carbons (Fsp3) is 0.133. The van der Waals surface area contributed by atoms with Crippen LogP contribution in [-0.4, -0.2) is 17.4 Å². The van der Waals surface area contributed by atoms with Crippen molar-refractivity contribution in [3.63, 3.8) is 0 Å². The van der Waals surface area contributed by atoms with Crippen LogP contribution in [0.2, 0.25) is 5.02 Å². The smallest absolute Gasteiger partial charge is 0.268 e. The lowest BCUT2D eigenvalue weighted by Crippen LogP contribution is -2.23. The van der Waals surface area contributed by atoms with Crippen molar-refractivity contribution >= 4 is 39.7 Å². The average molecular weight is 305 g/mol. The van der Waals surface area contributed by atoms with E-state index in [1.807, 2.05) is 42.6 Å². The van der Waals surface area contributed by atoms with Crippen LogP contribution in [0.1, 0.15) is 17.4 Å². The Kier molecular flexibility index (Phi) is 3.51. The Morgan fingerprint density at radius 3 is 2.95 bits per heavy atom. The number of rotatable bonds is 3. The number of H-pyrrole nitrogens is 1. The first kappa shape index (κ1) is 13.2. The Bertz CT molecular complexity index is 762. The number of benzene rings is 1. The highest BCUT2D eigenvalue weighted by Gasteiger charge is 2.19. The first-order chi connectivity index (χ1) is 9.70. The summed E-state index contributed by atoms with van der Waals surface area (Å²) < 4.78 is 0. The fourth-order valence-corrected chi connectivity index (χ4v) is 3.22. The zero-order valence-corrected chi connectivity index (χ0v) is 12.4. The molecule has 0 bridgehead atoms. The molecule has 0 unspecified atom stereocenters. The summed E-state index contributed by atoms with van der Waals surface area (Å²) in [4.78, 5) is 16.5. The van der Waals surface area contributed by atoms with Crippen LogP contribution < -0.4 is 5.32 Å². The second-order valence-electron chi connectivity index (χ2n) is 4.40. The highest BCUT2D eigenvalue weighted by atomic mass is 35.5. The molecular weight excluding hydrogens is 292 g/mol. The molecule has 0 aliphatic heterocycles. The molecule has 0 atom stereocenters. The molecule has 3 aromatic rings. The van der Waals surface area contributed by atoms with Crippen LogP contribution in [0, 0.1) is 0 Å². The summed E-state index contributed by atoms with van der Waals surface area (Å²) in [7, 11) is 0. The number of fused-ring (bicyclic) bond motifs is 1. The van der Waals surface area contributed by atoms with E-state index in [1.54, 1.807) is 11.3 Å². The van der Waals surface area contributed by atoms with Gasteiger partial charge in [-0.05, 0) is 36.6 Å². The number of hydrogen-bond donors (Lipinski definition) is 2. The third-order valence-corrected chi connectivity index (χ3v) is 4.22. The maximum Gasteiger partial charge on any atom is 0.268 e. The van der Waals surface area contributed by atoms with Gasteiger partial charge in [0.2, 0.25) is 0 Å². The molecule has 102 valence electrons. The van der Waals surface area contributed by atoms with Gasteiger partial charge < -0.3 is 10.3 Å². The standard InChI is InChI=1S/C15H13ClN2OS/c1-2-17-15(19)14-13(12-4-3-7-20-12)10-8-9(16)5-6-11(10)18-14/h3-8,18H,2H2,1H3,(H,17,19). The number of aromatic amines is 1. The van der Waals surface area contributed by atoms with E-state index in [0.29, 0.717) is 17.3 Å². The topological polar surface area (TPSA) is 44.9 Å². The average Bonchev–Trinajstić information content (AvgIpc) is 3.04. The first-order valence-corrected chi connectivity index (χ1v) is 7.59. The molecule has 3 nitrogen and oxygen atoms in total. The minimum absolute atomic E-state index is 0.0942. The van der Waals surface area contributed by atoms with Crippen LogP contribution in [-0.2, 0) is 0 Å². The molecule has 3 rings (SSSR count). The number of halogens is 1. The summed E-state index contributed by atoms with van der Waals surface area (Å²) in [5.74, 6) is -0.0942. The molecule has 1 aromatic carbocycles. The van der Waals surface area contributed by atoms with Crippen molar-refractivity contribution < 1.29 is 4.79 Å². The van der Waals surface area contributed by atoms with Gasteiger partial charge in [-0.1, -0.05) is 17.7 Å². The van der Waals surface area contributed by atoms with Gasteiger partial charge >= 0.3 is 0 Å². The summed E-state index contributed by atoms with van der Waals surface area (Å²) in [6.45, 7) is 2.50. The van der Waals surface area contributed by atoms with Crippen LogP contribution in [0.15, 0.2) is 35.7 Å². The van der Waals surface area contributed by atoms with Crippen LogP contribution >= 0.6 is 22.9 Å². The molecule has 0 saturated carbocycles. The molecule has 5 heteroatoms. The minimum atomic E-state index is -0.0942. The fourth-order valence-electron chi connectivity index (χ4n) is 2.26. The Morgan fingerprint density at radius 2 is 2.25 bits per heavy atom. The third-order valence-electron chi connectivity index (χ3n) is 3.09. The van der Waals surface area contributed by atoms with Crippen molar-refractivity contribution in [2.24, 2.45) is 0 Å². The van der Waals surface area contributed by atoms with Gasteiger partial charge in [0, 0.05) is 32.9 Å². The molecule has 0 spiro atoms. The van der Waals surface area contributed by atoms with Gasteiger partial charge in [0.1, 0.15) is 5.69 Å². The van der Waals surface area contributed by atoms with Crippen molar-refractivity contribution in [2.45, 2.75) is 6.92 Å². The van der Waals surface area contributed by atoms with Crippen molar-refractivity contribution in [2.75, 3.05) is 6.54 Å². The highest BCUT2D eigenvalue weighted by molar-refractivity contribution is 7.13.